The monoisotopic (exact) mass is 518 g/mol. The Labute approximate surface area is 220 Å². The maximum Gasteiger partial charge on any atom is 0.323 e. The minimum absolute atomic E-state index is 0.0262. The molecule has 2 aromatic rings. The number of nitro groups is 1. The smallest absolute Gasteiger partial charge is 0.323 e. The molecule has 2 aromatic carbocycles. The molecule has 1 spiro atoms. The van der Waals surface area contributed by atoms with Gasteiger partial charge in [-0.15, -0.1) is 0 Å². The molecular formula is C29H30N2O7. The lowest BCUT2D eigenvalue weighted by molar-refractivity contribution is -0.384. The Bertz CT molecular complexity index is 1360. The van der Waals surface area contributed by atoms with Crippen LogP contribution in [0.1, 0.15) is 74.1 Å². The second-order valence-corrected chi connectivity index (χ2v) is 10.1. The highest BCUT2D eigenvalue weighted by molar-refractivity contribution is 6.13. The molecule has 1 aliphatic carbocycles. The van der Waals surface area contributed by atoms with Crippen LogP contribution in [0.5, 0.6) is 0 Å². The van der Waals surface area contributed by atoms with Crippen molar-refractivity contribution in [2.24, 2.45) is 5.41 Å². The Kier molecular flexibility index (Phi) is 6.22. The molecule has 5 rings (SSSR count). The van der Waals surface area contributed by atoms with Crippen LogP contribution in [0.4, 0.5) is 5.69 Å². The molecule has 0 radical (unpaired) electrons. The lowest BCUT2D eigenvalue weighted by atomic mass is 9.75. The van der Waals surface area contributed by atoms with Gasteiger partial charge in [-0.05, 0) is 50.8 Å². The fourth-order valence-corrected chi connectivity index (χ4v) is 6.74. The summed E-state index contributed by atoms with van der Waals surface area (Å²) < 4.78 is 10.8. The van der Waals surface area contributed by atoms with Gasteiger partial charge >= 0.3 is 11.9 Å². The first-order valence-electron chi connectivity index (χ1n) is 12.8. The van der Waals surface area contributed by atoms with Crippen molar-refractivity contribution in [3.63, 3.8) is 0 Å². The zero-order valence-corrected chi connectivity index (χ0v) is 21.9. The number of benzene rings is 2. The molecular weight excluding hydrogens is 488 g/mol. The number of carbonyl (C=O) groups excluding carboxylic acids is 3. The average Bonchev–Trinajstić information content (AvgIpc) is 3.37. The molecule has 38 heavy (non-hydrogen) atoms. The van der Waals surface area contributed by atoms with Gasteiger partial charge < -0.3 is 9.47 Å². The van der Waals surface area contributed by atoms with Crippen LogP contribution in [0, 0.1) is 15.5 Å². The largest absolute Gasteiger partial charge is 0.465 e. The first kappa shape index (κ1) is 25.8. The van der Waals surface area contributed by atoms with Gasteiger partial charge in [-0.1, -0.05) is 42.0 Å². The van der Waals surface area contributed by atoms with Gasteiger partial charge in [-0.25, -0.2) is 0 Å². The highest BCUT2D eigenvalue weighted by Crippen LogP contribution is 2.66. The van der Waals surface area contributed by atoms with Crippen molar-refractivity contribution in [2.45, 2.75) is 58.2 Å². The summed E-state index contributed by atoms with van der Waals surface area (Å²) in [4.78, 5) is 54.2. The van der Waals surface area contributed by atoms with Gasteiger partial charge in [0.1, 0.15) is 5.54 Å². The lowest BCUT2D eigenvalue weighted by Crippen LogP contribution is -2.57. The number of carbonyl (C=O) groups is 3. The average molecular weight is 519 g/mol. The lowest BCUT2D eigenvalue weighted by Gasteiger charge is -2.48. The molecule has 2 heterocycles. The number of hydrogen-bond acceptors (Lipinski definition) is 8. The van der Waals surface area contributed by atoms with Crippen molar-refractivity contribution in [3.05, 3.63) is 86.5 Å². The summed E-state index contributed by atoms with van der Waals surface area (Å²) in [7, 11) is 0. The number of ketones is 1. The summed E-state index contributed by atoms with van der Waals surface area (Å²) in [5.74, 6) is -1.54. The molecule has 2 aliphatic heterocycles. The van der Waals surface area contributed by atoms with E-state index in [1.54, 1.807) is 32.0 Å². The third-order valence-corrected chi connectivity index (χ3v) is 8.35. The second kappa shape index (κ2) is 9.16. The molecule has 1 saturated carbocycles. The van der Waals surface area contributed by atoms with Crippen LogP contribution in [-0.4, -0.2) is 46.3 Å². The van der Waals surface area contributed by atoms with E-state index >= 15 is 0 Å². The fourth-order valence-electron chi connectivity index (χ4n) is 6.74. The van der Waals surface area contributed by atoms with Crippen molar-refractivity contribution in [2.75, 3.05) is 13.2 Å². The molecule has 9 heteroatoms. The summed E-state index contributed by atoms with van der Waals surface area (Å²) in [6.45, 7) is 7.44. The summed E-state index contributed by atoms with van der Waals surface area (Å²) in [5.41, 5.74) is 0.961. The van der Waals surface area contributed by atoms with Crippen LogP contribution in [0.15, 0.2) is 59.7 Å². The SMILES string of the molecule is CCOC(=O)C1(C(=O)OCC)CC2=C(C)[C@H]3c4ccccc4C(=O)[C@]2(C1)N3[C@@H](C)c1ccc([N+](=O)[O-])cc1. The van der Waals surface area contributed by atoms with Crippen LogP contribution < -0.4 is 0 Å². The third kappa shape index (κ3) is 3.37. The van der Waals surface area contributed by atoms with E-state index in [9.17, 15) is 24.5 Å². The fraction of sp³-hybridized carbons (Fsp3) is 0.414. The number of ether oxygens (including phenoxy) is 2. The molecule has 198 valence electrons. The Balaban J connectivity index is 1.71. The number of fused-ring (bicyclic) bond motifs is 3. The van der Waals surface area contributed by atoms with Crippen molar-refractivity contribution in [1.82, 2.24) is 4.90 Å². The Hall–Kier alpha value is -3.85. The van der Waals surface area contributed by atoms with Crippen molar-refractivity contribution in [1.29, 1.82) is 0 Å². The van der Waals surface area contributed by atoms with Gasteiger partial charge in [0, 0.05) is 30.2 Å². The van der Waals surface area contributed by atoms with Gasteiger partial charge in [-0.3, -0.25) is 29.4 Å². The zero-order valence-electron chi connectivity index (χ0n) is 21.9. The maximum atomic E-state index is 14.5. The molecule has 0 amide bonds. The quantitative estimate of drug-likeness (QED) is 0.168. The molecule has 3 atom stereocenters. The minimum atomic E-state index is -1.65. The van der Waals surface area contributed by atoms with Crippen LogP contribution in [-0.2, 0) is 19.1 Å². The molecule has 2 bridgehead atoms. The highest BCUT2D eigenvalue weighted by Gasteiger charge is 2.72. The van der Waals surface area contributed by atoms with Crippen LogP contribution in [0.2, 0.25) is 0 Å². The van der Waals surface area contributed by atoms with E-state index in [4.69, 9.17) is 9.47 Å². The van der Waals surface area contributed by atoms with E-state index < -0.39 is 27.8 Å². The first-order chi connectivity index (χ1) is 18.1. The number of Topliss-reactive ketones (excluding diaryl/α,β-unsaturated/α-hetero) is 1. The van der Waals surface area contributed by atoms with Gasteiger partial charge in [0.25, 0.3) is 5.69 Å². The summed E-state index contributed by atoms with van der Waals surface area (Å²) in [6.07, 6.45) is -0.0540. The molecule has 1 fully saturated rings. The second-order valence-electron chi connectivity index (χ2n) is 10.1. The standard InChI is InChI=1S/C29H30N2O7/c1-5-37-26(33)28(27(34)38-6-2)15-23-17(3)24-21-9-7-8-10-22(21)25(32)29(23,16-28)30(24)18(4)19-11-13-20(14-12-19)31(35)36/h7-14,18,24H,5-6,15-16H2,1-4H3/t18-,24-,29+/m0/s1. The van der Waals surface area contributed by atoms with Gasteiger partial charge in [0.05, 0.1) is 24.2 Å². The molecule has 3 aliphatic rings. The highest BCUT2D eigenvalue weighted by atomic mass is 16.6. The number of hydrogen-bond donors (Lipinski definition) is 0. The predicted molar refractivity (Wildman–Crippen MR) is 137 cm³/mol. The van der Waals surface area contributed by atoms with E-state index in [1.807, 2.05) is 32.0 Å². The van der Waals surface area contributed by atoms with E-state index in [-0.39, 0.29) is 49.6 Å². The Morgan fingerprint density at radius 3 is 2.26 bits per heavy atom. The number of nitrogens with zero attached hydrogens (tertiary/aromatic N) is 2. The molecule has 0 aromatic heterocycles. The van der Waals surface area contributed by atoms with E-state index in [1.165, 1.54) is 12.1 Å². The summed E-state index contributed by atoms with van der Waals surface area (Å²) in [6, 6.07) is 13.1. The molecule has 9 nitrogen and oxygen atoms in total. The maximum absolute atomic E-state index is 14.5. The van der Waals surface area contributed by atoms with Crippen LogP contribution >= 0.6 is 0 Å². The van der Waals surface area contributed by atoms with E-state index in [0.717, 1.165) is 22.3 Å². The van der Waals surface area contributed by atoms with Gasteiger partial charge in [0.15, 0.2) is 11.2 Å². The van der Waals surface area contributed by atoms with E-state index in [2.05, 4.69) is 4.90 Å². The summed E-state index contributed by atoms with van der Waals surface area (Å²) in [5, 5.41) is 11.2. The van der Waals surface area contributed by atoms with Gasteiger partial charge in [0.2, 0.25) is 0 Å². The Morgan fingerprint density at radius 2 is 1.68 bits per heavy atom. The number of nitro benzene ring substituents is 1. The van der Waals surface area contributed by atoms with Crippen molar-refractivity contribution in [3.8, 4) is 0 Å². The van der Waals surface area contributed by atoms with Crippen molar-refractivity contribution < 1.29 is 28.8 Å². The van der Waals surface area contributed by atoms with Crippen LogP contribution in [0.3, 0.4) is 0 Å². The number of non-ortho nitro benzene ring substituents is 1. The first-order valence-corrected chi connectivity index (χ1v) is 12.8. The molecule has 0 unspecified atom stereocenters. The normalized spacial score (nSPS) is 24.0. The topological polar surface area (TPSA) is 116 Å². The summed E-state index contributed by atoms with van der Waals surface area (Å²) >= 11 is 0. The Morgan fingerprint density at radius 1 is 1.08 bits per heavy atom. The zero-order chi connectivity index (χ0) is 27.4. The third-order valence-electron chi connectivity index (χ3n) is 8.35. The van der Waals surface area contributed by atoms with Crippen molar-refractivity contribution >= 4 is 23.4 Å². The van der Waals surface area contributed by atoms with E-state index in [0.29, 0.717) is 5.56 Å². The van der Waals surface area contributed by atoms with Gasteiger partial charge in [-0.2, -0.15) is 0 Å². The molecule has 0 saturated heterocycles. The number of esters is 2. The van der Waals surface area contributed by atoms with Crippen LogP contribution in [0.25, 0.3) is 0 Å². The minimum Gasteiger partial charge on any atom is -0.465 e. The predicted octanol–water partition coefficient (Wildman–Crippen LogP) is 4.87. The number of rotatable bonds is 7. The molecule has 0 N–H and O–H groups in total.